The third kappa shape index (κ3) is 4.68. The van der Waals surface area contributed by atoms with E-state index in [1.54, 1.807) is 11.3 Å². The van der Waals surface area contributed by atoms with Crippen LogP contribution in [-0.2, 0) is 17.8 Å². The first-order valence-electron chi connectivity index (χ1n) is 7.15. The summed E-state index contributed by atoms with van der Waals surface area (Å²) in [5.41, 5.74) is 6.66. The van der Waals surface area contributed by atoms with Crippen LogP contribution in [-0.4, -0.2) is 24.6 Å². The Balaban J connectivity index is 0.00000220. The Morgan fingerprint density at radius 2 is 2.29 bits per heavy atom. The number of nitrogens with one attached hydrogen (secondary N) is 1. The summed E-state index contributed by atoms with van der Waals surface area (Å²) in [6.45, 7) is 8.12. The lowest BCUT2D eigenvalue weighted by Gasteiger charge is -2.31. The predicted octanol–water partition coefficient (Wildman–Crippen LogP) is 2.74. The SMILES string of the molecule is CC(C)CC(C)(CN)NC(=O)c1cc2c(s1)CCOC2.Cl. The second-order valence-electron chi connectivity index (χ2n) is 6.18. The fourth-order valence-electron chi connectivity index (χ4n) is 2.68. The molecule has 1 aromatic heterocycles. The number of nitrogens with two attached hydrogens (primary N) is 1. The largest absolute Gasteiger partial charge is 0.376 e. The maximum absolute atomic E-state index is 12.4. The first-order chi connectivity index (χ1) is 9.43. The standard InChI is InChI=1S/C15H24N2O2S.ClH/c1-10(2)7-15(3,9-16)17-14(18)13-6-11-8-19-5-4-12(11)20-13;/h6,10H,4-5,7-9,16H2,1-3H3,(H,17,18);1H. The summed E-state index contributed by atoms with van der Waals surface area (Å²) < 4.78 is 5.42. The van der Waals surface area contributed by atoms with Crippen LogP contribution >= 0.6 is 23.7 Å². The maximum atomic E-state index is 12.4. The van der Waals surface area contributed by atoms with E-state index in [2.05, 4.69) is 19.2 Å². The molecule has 0 bridgehead atoms. The summed E-state index contributed by atoms with van der Waals surface area (Å²) in [4.78, 5) is 14.5. The first-order valence-corrected chi connectivity index (χ1v) is 7.97. The van der Waals surface area contributed by atoms with Crippen LogP contribution in [0.2, 0.25) is 0 Å². The van der Waals surface area contributed by atoms with Gasteiger partial charge in [-0.1, -0.05) is 13.8 Å². The molecule has 0 saturated carbocycles. The number of thiophene rings is 1. The number of fused-ring (bicyclic) bond motifs is 1. The molecule has 1 aliphatic rings. The summed E-state index contributed by atoms with van der Waals surface area (Å²) >= 11 is 1.58. The number of rotatable bonds is 5. The van der Waals surface area contributed by atoms with Crippen molar-refractivity contribution in [3.05, 3.63) is 21.4 Å². The first kappa shape index (κ1) is 18.4. The zero-order valence-electron chi connectivity index (χ0n) is 12.9. The van der Waals surface area contributed by atoms with E-state index in [0.717, 1.165) is 29.9 Å². The van der Waals surface area contributed by atoms with E-state index >= 15 is 0 Å². The Labute approximate surface area is 136 Å². The molecule has 3 N–H and O–H groups in total. The molecule has 120 valence electrons. The van der Waals surface area contributed by atoms with Crippen molar-refractivity contribution in [2.75, 3.05) is 13.2 Å². The number of carbonyl (C=O) groups excluding carboxylic acids is 1. The number of halogens is 1. The van der Waals surface area contributed by atoms with E-state index in [4.69, 9.17) is 10.5 Å². The van der Waals surface area contributed by atoms with Crippen LogP contribution in [0.15, 0.2) is 6.07 Å². The van der Waals surface area contributed by atoms with Gasteiger partial charge in [0.2, 0.25) is 0 Å². The van der Waals surface area contributed by atoms with Crippen LogP contribution in [0.1, 0.15) is 47.3 Å². The Hall–Kier alpha value is -0.620. The van der Waals surface area contributed by atoms with E-state index in [0.29, 0.717) is 19.1 Å². The molecule has 2 rings (SSSR count). The van der Waals surface area contributed by atoms with Gasteiger partial charge < -0.3 is 15.8 Å². The Kier molecular flexibility index (Phi) is 6.66. The second kappa shape index (κ2) is 7.58. The van der Waals surface area contributed by atoms with E-state index in [9.17, 15) is 4.79 Å². The van der Waals surface area contributed by atoms with Gasteiger partial charge in [0, 0.05) is 17.8 Å². The van der Waals surface area contributed by atoms with Gasteiger partial charge in [0.25, 0.3) is 5.91 Å². The minimum Gasteiger partial charge on any atom is -0.376 e. The highest BCUT2D eigenvalue weighted by Gasteiger charge is 2.27. The highest BCUT2D eigenvalue weighted by molar-refractivity contribution is 7.14. The molecule has 0 fully saturated rings. The summed E-state index contributed by atoms with van der Waals surface area (Å²) in [5.74, 6) is 0.479. The number of ether oxygens (including phenoxy) is 1. The fourth-order valence-corrected chi connectivity index (χ4v) is 3.73. The highest BCUT2D eigenvalue weighted by atomic mass is 35.5. The van der Waals surface area contributed by atoms with Gasteiger partial charge in [-0.25, -0.2) is 0 Å². The Bertz CT molecular complexity index is 467. The van der Waals surface area contributed by atoms with Crippen molar-refractivity contribution in [2.45, 2.75) is 45.8 Å². The van der Waals surface area contributed by atoms with E-state index in [1.165, 1.54) is 4.88 Å². The van der Waals surface area contributed by atoms with Crippen LogP contribution in [0.4, 0.5) is 0 Å². The van der Waals surface area contributed by atoms with Crippen LogP contribution < -0.4 is 11.1 Å². The molecule has 0 aromatic carbocycles. The van der Waals surface area contributed by atoms with Gasteiger partial charge in [-0.3, -0.25) is 4.79 Å². The predicted molar refractivity (Wildman–Crippen MR) is 89.3 cm³/mol. The van der Waals surface area contributed by atoms with Crippen molar-refractivity contribution >= 4 is 29.7 Å². The minimum atomic E-state index is -0.341. The number of amides is 1. The lowest BCUT2D eigenvalue weighted by Crippen LogP contribution is -2.52. The van der Waals surface area contributed by atoms with Crippen LogP contribution in [0, 0.1) is 5.92 Å². The van der Waals surface area contributed by atoms with Crippen molar-refractivity contribution in [3.8, 4) is 0 Å². The van der Waals surface area contributed by atoms with Gasteiger partial charge in [-0.2, -0.15) is 0 Å². The van der Waals surface area contributed by atoms with Crippen LogP contribution in [0.3, 0.4) is 0 Å². The molecule has 0 aliphatic carbocycles. The lowest BCUT2D eigenvalue weighted by molar-refractivity contribution is 0.0902. The molecule has 0 saturated heterocycles. The quantitative estimate of drug-likeness (QED) is 0.871. The second-order valence-corrected chi connectivity index (χ2v) is 7.32. The number of hydrogen-bond acceptors (Lipinski definition) is 4. The molecule has 0 radical (unpaired) electrons. The van der Waals surface area contributed by atoms with E-state index in [1.807, 2.05) is 13.0 Å². The molecule has 6 heteroatoms. The smallest absolute Gasteiger partial charge is 0.261 e. The molecular weight excluding hydrogens is 308 g/mol. The molecular formula is C15H25ClN2O2S. The summed E-state index contributed by atoms with van der Waals surface area (Å²) in [6, 6.07) is 1.96. The Morgan fingerprint density at radius 1 is 1.57 bits per heavy atom. The van der Waals surface area contributed by atoms with Crippen molar-refractivity contribution in [3.63, 3.8) is 0 Å². The zero-order chi connectivity index (χ0) is 14.8. The fraction of sp³-hybridized carbons (Fsp3) is 0.667. The van der Waals surface area contributed by atoms with Crippen LogP contribution in [0.5, 0.6) is 0 Å². The van der Waals surface area contributed by atoms with Gasteiger partial charge >= 0.3 is 0 Å². The van der Waals surface area contributed by atoms with Gasteiger partial charge in [0.05, 0.1) is 23.6 Å². The molecule has 1 atom stereocenters. The zero-order valence-corrected chi connectivity index (χ0v) is 14.5. The molecule has 2 heterocycles. The normalized spacial score (nSPS) is 16.8. The average molecular weight is 333 g/mol. The lowest BCUT2D eigenvalue weighted by atomic mass is 9.90. The Morgan fingerprint density at radius 3 is 2.86 bits per heavy atom. The molecule has 1 aromatic rings. The van der Waals surface area contributed by atoms with E-state index < -0.39 is 0 Å². The third-order valence-corrected chi connectivity index (χ3v) is 4.81. The molecule has 1 amide bonds. The monoisotopic (exact) mass is 332 g/mol. The van der Waals surface area contributed by atoms with Gasteiger partial charge in [0.1, 0.15) is 0 Å². The van der Waals surface area contributed by atoms with Crippen molar-refractivity contribution in [1.29, 1.82) is 0 Å². The van der Waals surface area contributed by atoms with E-state index in [-0.39, 0.29) is 23.9 Å². The molecule has 1 aliphatic heterocycles. The number of hydrogen-bond donors (Lipinski definition) is 2. The van der Waals surface area contributed by atoms with Crippen molar-refractivity contribution in [2.24, 2.45) is 11.7 Å². The molecule has 21 heavy (non-hydrogen) atoms. The van der Waals surface area contributed by atoms with Gasteiger partial charge in [-0.05, 0) is 30.9 Å². The summed E-state index contributed by atoms with van der Waals surface area (Å²) in [5, 5.41) is 3.11. The van der Waals surface area contributed by atoms with Crippen molar-refractivity contribution in [1.82, 2.24) is 5.32 Å². The average Bonchev–Trinajstić information content (AvgIpc) is 2.81. The van der Waals surface area contributed by atoms with Gasteiger partial charge in [-0.15, -0.1) is 23.7 Å². The maximum Gasteiger partial charge on any atom is 0.261 e. The highest BCUT2D eigenvalue weighted by Crippen LogP contribution is 2.27. The minimum absolute atomic E-state index is 0. The summed E-state index contributed by atoms with van der Waals surface area (Å²) in [6.07, 6.45) is 1.79. The molecule has 0 spiro atoms. The van der Waals surface area contributed by atoms with Crippen LogP contribution in [0.25, 0.3) is 0 Å². The summed E-state index contributed by atoms with van der Waals surface area (Å²) in [7, 11) is 0. The molecule has 4 nitrogen and oxygen atoms in total. The molecule has 1 unspecified atom stereocenters. The van der Waals surface area contributed by atoms with Crippen molar-refractivity contribution < 1.29 is 9.53 Å². The number of carbonyl (C=O) groups is 1. The third-order valence-electron chi connectivity index (χ3n) is 3.58. The van der Waals surface area contributed by atoms with Gasteiger partial charge in [0.15, 0.2) is 0 Å². The topological polar surface area (TPSA) is 64.3 Å².